The van der Waals surface area contributed by atoms with Gasteiger partial charge in [-0.2, -0.15) is 0 Å². The van der Waals surface area contributed by atoms with Gasteiger partial charge in [0.05, 0.1) is 0 Å². The van der Waals surface area contributed by atoms with Gasteiger partial charge in [-0.25, -0.2) is 9.59 Å². The van der Waals surface area contributed by atoms with Gasteiger partial charge in [0.25, 0.3) is 0 Å². The van der Waals surface area contributed by atoms with E-state index in [0.29, 0.717) is 18.7 Å². The molecule has 0 aliphatic rings. The number of hydrogen-bond acceptors (Lipinski definition) is 2. The van der Waals surface area contributed by atoms with Crippen molar-refractivity contribution >= 4 is 12.0 Å². The molecular weight excluding hydrogens is 256 g/mol. The predicted molar refractivity (Wildman–Crippen MR) is 77.4 cm³/mol. The lowest BCUT2D eigenvalue weighted by Crippen LogP contribution is -2.44. The summed E-state index contributed by atoms with van der Waals surface area (Å²) in [7, 11) is 0. The Labute approximate surface area is 118 Å². The number of carboxylic acid groups (broad SMARTS) is 1. The number of urea groups is 1. The topological polar surface area (TPSA) is 69.6 Å². The Kier molecular flexibility index (Phi) is 6.29. The molecule has 0 spiro atoms. The van der Waals surface area contributed by atoms with E-state index in [4.69, 9.17) is 0 Å². The van der Waals surface area contributed by atoms with Crippen molar-refractivity contribution in [3.05, 3.63) is 48.6 Å². The summed E-state index contributed by atoms with van der Waals surface area (Å²) in [6.45, 7) is 6.50. The van der Waals surface area contributed by atoms with Crippen LogP contribution in [0.1, 0.15) is 24.9 Å². The van der Waals surface area contributed by atoms with E-state index < -0.39 is 18.0 Å². The molecule has 0 saturated heterocycles. The van der Waals surface area contributed by atoms with E-state index in [9.17, 15) is 14.7 Å². The van der Waals surface area contributed by atoms with Crippen LogP contribution in [0.3, 0.4) is 0 Å². The Morgan fingerprint density at radius 3 is 2.55 bits per heavy atom. The smallest absolute Gasteiger partial charge is 0.330 e. The lowest BCUT2D eigenvalue weighted by Gasteiger charge is -2.23. The summed E-state index contributed by atoms with van der Waals surface area (Å²) in [5.41, 5.74) is 0.545. The maximum absolute atomic E-state index is 12.1. The Balaban J connectivity index is 2.82. The zero-order valence-electron chi connectivity index (χ0n) is 11.6. The van der Waals surface area contributed by atoms with E-state index in [0.717, 1.165) is 6.42 Å². The first kappa shape index (κ1) is 15.8. The second kappa shape index (κ2) is 7.99. The van der Waals surface area contributed by atoms with Crippen LogP contribution in [0.4, 0.5) is 4.79 Å². The van der Waals surface area contributed by atoms with Gasteiger partial charge in [0.1, 0.15) is 0 Å². The van der Waals surface area contributed by atoms with Gasteiger partial charge in [0.15, 0.2) is 6.04 Å². The van der Waals surface area contributed by atoms with Gasteiger partial charge < -0.3 is 15.3 Å². The molecule has 108 valence electrons. The van der Waals surface area contributed by atoms with Crippen LogP contribution < -0.4 is 5.32 Å². The van der Waals surface area contributed by atoms with Gasteiger partial charge >= 0.3 is 12.0 Å². The molecule has 0 saturated carbocycles. The summed E-state index contributed by atoms with van der Waals surface area (Å²) in [6.07, 6.45) is 2.41. The van der Waals surface area contributed by atoms with Crippen LogP contribution in [0.15, 0.2) is 43.0 Å². The molecule has 0 unspecified atom stereocenters. The van der Waals surface area contributed by atoms with Crippen LogP contribution in [0, 0.1) is 0 Å². The lowest BCUT2D eigenvalue weighted by molar-refractivity contribution is -0.139. The molecule has 0 radical (unpaired) electrons. The number of nitrogens with zero attached hydrogens (tertiary/aromatic N) is 1. The van der Waals surface area contributed by atoms with Gasteiger partial charge in [-0.05, 0) is 12.0 Å². The summed E-state index contributed by atoms with van der Waals surface area (Å²) in [5, 5.41) is 11.8. The van der Waals surface area contributed by atoms with Crippen LogP contribution in [-0.2, 0) is 4.79 Å². The number of carboxylic acids is 1. The first-order valence-corrected chi connectivity index (χ1v) is 6.54. The Morgan fingerprint density at radius 2 is 2.05 bits per heavy atom. The highest BCUT2D eigenvalue weighted by Gasteiger charge is 2.23. The molecule has 1 rings (SSSR count). The van der Waals surface area contributed by atoms with Crippen molar-refractivity contribution in [1.29, 1.82) is 0 Å². The van der Waals surface area contributed by atoms with Gasteiger partial charge in [-0.1, -0.05) is 43.3 Å². The predicted octanol–water partition coefficient (Wildman–Crippen LogP) is 2.42. The van der Waals surface area contributed by atoms with Gasteiger partial charge in [0.2, 0.25) is 0 Å². The van der Waals surface area contributed by atoms with Gasteiger partial charge in [-0.3, -0.25) is 0 Å². The maximum atomic E-state index is 12.1. The highest BCUT2D eigenvalue weighted by Crippen LogP contribution is 2.13. The molecule has 0 heterocycles. The van der Waals surface area contributed by atoms with Crippen molar-refractivity contribution in [2.45, 2.75) is 19.4 Å². The van der Waals surface area contributed by atoms with Gasteiger partial charge in [-0.15, -0.1) is 6.58 Å². The van der Waals surface area contributed by atoms with Crippen LogP contribution in [0.25, 0.3) is 0 Å². The highest BCUT2D eigenvalue weighted by molar-refractivity contribution is 5.83. The zero-order chi connectivity index (χ0) is 15.0. The molecule has 0 aromatic heterocycles. The first-order chi connectivity index (χ1) is 9.60. The monoisotopic (exact) mass is 276 g/mol. The third-order valence-electron chi connectivity index (χ3n) is 2.78. The number of hydrogen-bond donors (Lipinski definition) is 2. The number of benzene rings is 1. The fourth-order valence-corrected chi connectivity index (χ4v) is 1.85. The van der Waals surface area contributed by atoms with Crippen LogP contribution in [-0.4, -0.2) is 35.1 Å². The number of rotatable bonds is 7. The summed E-state index contributed by atoms with van der Waals surface area (Å²) in [5.74, 6) is -1.08. The number of amides is 2. The Bertz CT molecular complexity index is 459. The summed E-state index contributed by atoms with van der Waals surface area (Å²) in [4.78, 5) is 25.0. The standard InChI is InChI=1S/C15H20N2O3/c1-3-10-17(11-4-2)15(20)16-13(14(18)19)12-8-6-5-7-9-12/h3,5-9,13H,1,4,10-11H2,2H3,(H,16,20)(H,18,19)/t13-/m0/s1. The molecule has 0 aliphatic carbocycles. The quantitative estimate of drug-likeness (QED) is 0.751. The molecule has 2 amide bonds. The molecule has 5 heteroatoms. The Morgan fingerprint density at radius 1 is 1.40 bits per heavy atom. The lowest BCUT2D eigenvalue weighted by atomic mass is 10.1. The van der Waals surface area contributed by atoms with Crippen molar-refractivity contribution < 1.29 is 14.7 Å². The summed E-state index contributed by atoms with van der Waals surface area (Å²) >= 11 is 0. The normalized spacial score (nSPS) is 11.4. The van der Waals surface area contributed by atoms with Crippen molar-refractivity contribution in [3.63, 3.8) is 0 Å². The third-order valence-corrected chi connectivity index (χ3v) is 2.78. The average Bonchev–Trinajstić information content (AvgIpc) is 2.45. The maximum Gasteiger partial charge on any atom is 0.330 e. The second-order valence-electron chi connectivity index (χ2n) is 4.37. The number of nitrogens with one attached hydrogen (secondary N) is 1. The first-order valence-electron chi connectivity index (χ1n) is 6.54. The minimum atomic E-state index is -1.08. The zero-order valence-corrected chi connectivity index (χ0v) is 11.6. The van der Waals surface area contributed by atoms with Crippen LogP contribution in [0.2, 0.25) is 0 Å². The second-order valence-corrected chi connectivity index (χ2v) is 4.37. The average molecular weight is 276 g/mol. The van der Waals surface area contributed by atoms with E-state index >= 15 is 0 Å². The fourth-order valence-electron chi connectivity index (χ4n) is 1.85. The molecule has 5 nitrogen and oxygen atoms in total. The van der Waals surface area contributed by atoms with Crippen LogP contribution >= 0.6 is 0 Å². The van der Waals surface area contributed by atoms with E-state index in [1.165, 1.54) is 4.90 Å². The molecule has 0 aliphatic heterocycles. The molecule has 1 aromatic rings. The minimum Gasteiger partial charge on any atom is -0.479 e. The van der Waals surface area contributed by atoms with E-state index in [-0.39, 0.29) is 0 Å². The highest BCUT2D eigenvalue weighted by atomic mass is 16.4. The molecule has 1 atom stereocenters. The van der Waals surface area contributed by atoms with Crippen molar-refractivity contribution in [1.82, 2.24) is 10.2 Å². The number of carbonyl (C=O) groups is 2. The molecule has 20 heavy (non-hydrogen) atoms. The van der Waals surface area contributed by atoms with E-state index in [2.05, 4.69) is 11.9 Å². The summed E-state index contributed by atoms with van der Waals surface area (Å²) < 4.78 is 0. The Hall–Kier alpha value is -2.30. The minimum absolute atomic E-state index is 0.390. The molecule has 0 fully saturated rings. The number of aliphatic carboxylic acids is 1. The summed E-state index contributed by atoms with van der Waals surface area (Å²) in [6, 6.07) is 7.19. The van der Waals surface area contributed by atoms with Crippen molar-refractivity contribution in [2.75, 3.05) is 13.1 Å². The molecule has 2 N–H and O–H groups in total. The van der Waals surface area contributed by atoms with E-state index in [1.54, 1.807) is 36.4 Å². The van der Waals surface area contributed by atoms with Crippen molar-refractivity contribution in [3.8, 4) is 0 Å². The molecule has 0 bridgehead atoms. The van der Waals surface area contributed by atoms with E-state index in [1.807, 2.05) is 6.92 Å². The fraction of sp³-hybridized carbons (Fsp3) is 0.333. The van der Waals surface area contributed by atoms with Crippen molar-refractivity contribution in [2.24, 2.45) is 0 Å². The van der Waals surface area contributed by atoms with Crippen LogP contribution in [0.5, 0.6) is 0 Å². The van der Waals surface area contributed by atoms with Gasteiger partial charge in [0, 0.05) is 13.1 Å². The molecule has 1 aromatic carbocycles. The number of carbonyl (C=O) groups excluding carboxylic acids is 1. The SMILES string of the molecule is C=CCN(CCC)C(=O)N[C@H](C(=O)O)c1ccccc1. The largest absolute Gasteiger partial charge is 0.479 e. The third kappa shape index (κ3) is 4.42. The molecular formula is C15H20N2O3.